The molecule has 0 fully saturated rings. The number of carbonyl (C=O) groups is 1. The molecule has 0 radical (unpaired) electrons. The summed E-state index contributed by atoms with van der Waals surface area (Å²) in [6.45, 7) is 0. The highest BCUT2D eigenvalue weighted by Gasteiger charge is 2.14. The summed E-state index contributed by atoms with van der Waals surface area (Å²) in [6, 6.07) is 24.1. The van der Waals surface area contributed by atoms with Crippen LogP contribution in [0.1, 0.15) is 5.56 Å². The number of carbonyl (C=O) groups excluding carboxylic acids is 1. The van der Waals surface area contributed by atoms with Crippen LogP contribution in [0.4, 0.5) is 5.69 Å². The first-order chi connectivity index (χ1) is 14.2. The fraction of sp³-hybridized carbons (Fsp3) is 0. The average Bonchev–Trinajstić information content (AvgIpc) is 3.24. The lowest BCUT2D eigenvalue weighted by molar-refractivity contribution is -0.111. The van der Waals surface area contributed by atoms with Gasteiger partial charge in [-0.3, -0.25) is 4.79 Å². The highest BCUT2D eigenvalue weighted by Crippen LogP contribution is 2.28. The van der Waals surface area contributed by atoms with Crippen LogP contribution in [0.3, 0.4) is 0 Å². The van der Waals surface area contributed by atoms with Crippen LogP contribution in [0.25, 0.3) is 28.9 Å². The zero-order chi connectivity index (χ0) is 20.1. The summed E-state index contributed by atoms with van der Waals surface area (Å²) < 4.78 is 5.42. The molecule has 1 aromatic heterocycles. The first-order valence-electron chi connectivity index (χ1n) is 8.92. The maximum atomic E-state index is 12.4. The lowest BCUT2D eigenvalue weighted by atomic mass is 10.1. The van der Waals surface area contributed by atoms with Gasteiger partial charge in [0, 0.05) is 16.7 Å². The molecule has 142 valence electrons. The second-order valence-electron chi connectivity index (χ2n) is 6.21. The van der Waals surface area contributed by atoms with E-state index in [1.54, 1.807) is 24.3 Å². The van der Waals surface area contributed by atoms with Crippen molar-refractivity contribution in [2.45, 2.75) is 0 Å². The van der Waals surface area contributed by atoms with E-state index in [4.69, 9.17) is 16.1 Å². The van der Waals surface area contributed by atoms with Gasteiger partial charge in [0.05, 0.1) is 11.3 Å². The van der Waals surface area contributed by atoms with Crippen molar-refractivity contribution in [3.63, 3.8) is 0 Å². The van der Waals surface area contributed by atoms with Crippen LogP contribution in [-0.2, 0) is 4.79 Å². The molecule has 4 aromatic rings. The minimum atomic E-state index is -0.268. The third-order valence-corrected chi connectivity index (χ3v) is 4.42. The van der Waals surface area contributed by atoms with Crippen molar-refractivity contribution in [2.75, 3.05) is 5.32 Å². The van der Waals surface area contributed by atoms with Crippen molar-refractivity contribution >= 4 is 29.3 Å². The topological polar surface area (TPSA) is 68.0 Å². The minimum Gasteiger partial charge on any atom is -0.334 e. The van der Waals surface area contributed by atoms with Gasteiger partial charge in [0.15, 0.2) is 0 Å². The summed E-state index contributed by atoms with van der Waals surface area (Å²) in [5.41, 5.74) is 2.97. The molecule has 6 heteroatoms. The molecule has 0 saturated heterocycles. The molecule has 0 spiro atoms. The van der Waals surface area contributed by atoms with E-state index in [2.05, 4.69) is 15.5 Å². The number of benzene rings is 3. The van der Waals surface area contributed by atoms with Crippen LogP contribution in [0.2, 0.25) is 5.02 Å². The Kier molecular flexibility index (Phi) is 5.49. The third kappa shape index (κ3) is 4.59. The molecule has 1 amide bonds. The van der Waals surface area contributed by atoms with E-state index in [9.17, 15) is 4.79 Å². The summed E-state index contributed by atoms with van der Waals surface area (Å²) in [5.74, 6) is 0.556. The van der Waals surface area contributed by atoms with Crippen molar-refractivity contribution < 1.29 is 9.32 Å². The molecule has 3 aromatic carbocycles. The van der Waals surface area contributed by atoms with Crippen LogP contribution in [0.15, 0.2) is 89.5 Å². The standard InChI is InChI=1S/C23H16ClN3O2/c24-18-13-10-16(11-14-18)12-15-21(28)25-20-9-5-4-8-19(20)23-26-22(27-29-23)17-6-2-1-3-7-17/h1-15H,(H,25,28)/b15-12+. The molecule has 0 bridgehead atoms. The first-order valence-corrected chi connectivity index (χ1v) is 9.30. The smallest absolute Gasteiger partial charge is 0.260 e. The number of halogens is 1. The Morgan fingerprint density at radius 3 is 2.45 bits per heavy atom. The Balaban J connectivity index is 1.53. The van der Waals surface area contributed by atoms with Crippen molar-refractivity contribution in [2.24, 2.45) is 0 Å². The van der Waals surface area contributed by atoms with Gasteiger partial charge in [0.2, 0.25) is 11.7 Å². The van der Waals surface area contributed by atoms with Gasteiger partial charge < -0.3 is 9.84 Å². The molecule has 1 N–H and O–H groups in total. The van der Waals surface area contributed by atoms with Crippen LogP contribution in [0.5, 0.6) is 0 Å². The largest absolute Gasteiger partial charge is 0.334 e. The van der Waals surface area contributed by atoms with E-state index in [1.165, 1.54) is 6.08 Å². The normalized spacial score (nSPS) is 10.9. The molecular weight excluding hydrogens is 386 g/mol. The van der Waals surface area contributed by atoms with E-state index in [0.717, 1.165) is 11.1 Å². The molecule has 0 aliphatic rings. The Morgan fingerprint density at radius 1 is 0.931 bits per heavy atom. The lowest BCUT2D eigenvalue weighted by Crippen LogP contribution is -2.08. The maximum Gasteiger partial charge on any atom is 0.260 e. The second kappa shape index (κ2) is 8.54. The number of nitrogens with one attached hydrogen (secondary N) is 1. The molecule has 1 heterocycles. The Hall–Kier alpha value is -3.70. The average molecular weight is 402 g/mol. The summed E-state index contributed by atoms with van der Waals surface area (Å²) in [4.78, 5) is 16.8. The Bertz CT molecular complexity index is 1150. The van der Waals surface area contributed by atoms with Gasteiger partial charge in [-0.15, -0.1) is 0 Å². The SMILES string of the molecule is O=C(/C=C/c1ccc(Cl)cc1)Nc1ccccc1-c1nc(-c2ccccc2)no1. The maximum absolute atomic E-state index is 12.4. The molecule has 0 aliphatic heterocycles. The van der Waals surface area contributed by atoms with Gasteiger partial charge in [-0.05, 0) is 35.9 Å². The van der Waals surface area contributed by atoms with Crippen molar-refractivity contribution in [3.05, 3.63) is 95.5 Å². The number of nitrogens with zero attached hydrogens (tertiary/aromatic N) is 2. The zero-order valence-electron chi connectivity index (χ0n) is 15.2. The van der Waals surface area contributed by atoms with E-state index >= 15 is 0 Å². The predicted molar refractivity (Wildman–Crippen MR) is 114 cm³/mol. The highest BCUT2D eigenvalue weighted by atomic mass is 35.5. The molecule has 29 heavy (non-hydrogen) atoms. The first kappa shape index (κ1) is 18.7. The number of rotatable bonds is 5. The van der Waals surface area contributed by atoms with Crippen molar-refractivity contribution in [1.82, 2.24) is 10.1 Å². The number of aromatic nitrogens is 2. The Morgan fingerprint density at radius 2 is 1.66 bits per heavy atom. The quantitative estimate of drug-likeness (QED) is 0.435. The third-order valence-electron chi connectivity index (χ3n) is 4.17. The van der Waals surface area contributed by atoms with Crippen molar-refractivity contribution in [1.29, 1.82) is 0 Å². The van der Waals surface area contributed by atoms with Gasteiger partial charge in [-0.25, -0.2) is 0 Å². The Labute approximate surface area is 172 Å². The summed E-state index contributed by atoms with van der Waals surface area (Å²) in [6.07, 6.45) is 3.18. The second-order valence-corrected chi connectivity index (χ2v) is 6.65. The van der Waals surface area contributed by atoms with Crippen LogP contribution in [-0.4, -0.2) is 16.0 Å². The lowest BCUT2D eigenvalue weighted by Gasteiger charge is -2.06. The molecule has 5 nitrogen and oxygen atoms in total. The van der Waals surface area contributed by atoms with E-state index < -0.39 is 0 Å². The molecule has 0 saturated carbocycles. The number of para-hydroxylation sites is 1. The number of hydrogen-bond acceptors (Lipinski definition) is 4. The summed E-state index contributed by atoms with van der Waals surface area (Å²) >= 11 is 5.87. The van der Waals surface area contributed by atoms with Crippen LogP contribution in [0, 0.1) is 0 Å². The van der Waals surface area contributed by atoms with E-state index in [1.807, 2.05) is 60.7 Å². The van der Waals surface area contributed by atoms with Crippen molar-refractivity contribution in [3.8, 4) is 22.8 Å². The zero-order valence-corrected chi connectivity index (χ0v) is 16.0. The fourth-order valence-corrected chi connectivity index (χ4v) is 2.86. The number of amides is 1. The monoisotopic (exact) mass is 401 g/mol. The molecule has 0 aliphatic carbocycles. The minimum absolute atomic E-state index is 0.268. The predicted octanol–water partition coefficient (Wildman–Crippen LogP) is 5.71. The molecule has 0 atom stereocenters. The van der Waals surface area contributed by atoms with E-state index in [-0.39, 0.29) is 5.91 Å². The van der Waals surface area contributed by atoms with Crippen LogP contribution < -0.4 is 5.32 Å². The number of anilines is 1. The van der Waals surface area contributed by atoms with Gasteiger partial charge >= 0.3 is 0 Å². The number of hydrogen-bond donors (Lipinski definition) is 1. The van der Waals surface area contributed by atoms with Crippen LogP contribution >= 0.6 is 11.6 Å². The highest BCUT2D eigenvalue weighted by molar-refractivity contribution is 6.30. The van der Waals surface area contributed by atoms with Gasteiger partial charge in [-0.1, -0.05) is 71.4 Å². The van der Waals surface area contributed by atoms with Gasteiger partial charge in [0.1, 0.15) is 0 Å². The summed E-state index contributed by atoms with van der Waals surface area (Å²) in [7, 11) is 0. The molecule has 0 unspecified atom stereocenters. The summed E-state index contributed by atoms with van der Waals surface area (Å²) in [5, 5.41) is 7.55. The molecule has 4 rings (SSSR count). The van der Waals surface area contributed by atoms with E-state index in [0.29, 0.717) is 28.0 Å². The van der Waals surface area contributed by atoms with Gasteiger partial charge in [0.25, 0.3) is 5.89 Å². The molecular formula is C23H16ClN3O2. The fourth-order valence-electron chi connectivity index (χ4n) is 2.74. The van der Waals surface area contributed by atoms with Gasteiger partial charge in [-0.2, -0.15) is 4.98 Å².